The number of nitrogens with one attached hydrogen (secondary N) is 1. The molecular formula is C19H37NO3. The lowest BCUT2D eigenvalue weighted by atomic mass is 10.0. The molecule has 0 unspecified atom stereocenters. The molecule has 0 saturated carbocycles. The van der Waals surface area contributed by atoms with E-state index in [0.717, 1.165) is 12.8 Å². The highest BCUT2D eigenvalue weighted by atomic mass is 16.4. The summed E-state index contributed by atoms with van der Waals surface area (Å²) in [5, 5.41) is 11.1. The van der Waals surface area contributed by atoms with Crippen molar-refractivity contribution in [3.05, 3.63) is 0 Å². The van der Waals surface area contributed by atoms with Gasteiger partial charge >= 0.3 is 5.97 Å². The molecule has 4 heteroatoms. The van der Waals surface area contributed by atoms with Crippen LogP contribution in [0.2, 0.25) is 0 Å². The van der Waals surface area contributed by atoms with E-state index in [9.17, 15) is 9.59 Å². The molecule has 23 heavy (non-hydrogen) atoms. The van der Waals surface area contributed by atoms with Crippen LogP contribution in [0.25, 0.3) is 0 Å². The number of amides is 1. The number of carbonyl (C=O) groups excluding carboxylic acids is 1. The third-order valence-electron chi connectivity index (χ3n) is 4.17. The minimum absolute atomic E-state index is 0.00431. The second-order valence-corrected chi connectivity index (χ2v) is 6.49. The largest absolute Gasteiger partial charge is 0.481 e. The zero-order valence-corrected chi connectivity index (χ0v) is 15.1. The normalized spacial score (nSPS) is 10.7. The Labute approximate surface area is 142 Å². The van der Waals surface area contributed by atoms with Crippen LogP contribution in [0.15, 0.2) is 0 Å². The molecule has 0 fully saturated rings. The second kappa shape index (κ2) is 17.3. The molecule has 136 valence electrons. The van der Waals surface area contributed by atoms with E-state index in [1.54, 1.807) is 0 Å². The highest BCUT2D eigenvalue weighted by molar-refractivity contribution is 5.76. The molecule has 0 aliphatic carbocycles. The highest BCUT2D eigenvalue weighted by Crippen LogP contribution is 2.12. The number of unbranched alkanes of at least 4 members (excludes halogenated alkanes) is 12. The zero-order chi connectivity index (χ0) is 17.2. The van der Waals surface area contributed by atoms with E-state index in [-0.39, 0.29) is 18.9 Å². The number of hydrogen-bond donors (Lipinski definition) is 2. The van der Waals surface area contributed by atoms with Crippen molar-refractivity contribution in [2.24, 2.45) is 0 Å². The van der Waals surface area contributed by atoms with Crippen molar-refractivity contribution in [2.45, 2.75) is 103 Å². The van der Waals surface area contributed by atoms with Gasteiger partial charge < -0.3 is 10.4 Å². The number of hydrogen-bond acceptors (Lipinski definition) is 2. The summed E-state index contributed by atoms with van der Waals surface area (Å²) in [4.78, 5) is 21.7. The fourth-order valence-corrected chi connectivity index (χ4v) is 2.70. The van der Waals surface area contributed by atoms with Crippen LogP contribution in [-0.2, 0) is 9.59 Å². The summed E-state index contributed by atoms with van der Waals surface area (Å²) >= 11 is 0. The van der Waals surface area contributed by atoms with E-state index >= 15 is 0 Å². The SMILES string of the molecule is CCCCCCCCCCCCCCCC(=O)NCCC(=O)O. The van der Waals surface area contributed by atoms with E-state index in [1.165, 1.54) is 70.6 Å². The maximum absolute atomic E-state index is 11.4. The smallest absolute Gasteiger partial charge is 0.305 e. The first-order valence-electron chi connectivity index (χ1n) is 9.65. The van der Waals surface area contributed by atoms with Crippen LogP contribution >= 0.6 is 0 Å². The Morgan fingerprint density at radius 2 is 1.13 bits per heavy atom. The van der Waals surface area contributed by atoms with Gasteiger partial charge in [0.2, 0.25) is 5.91 Å². The molecule has 0 aliphatic rings. The molecule has 0 radical (unpaired) electrons. The van der Waals surface area contributed by atoms with Crippen molar-refractivity contribution in [1.29, 1.82) is 0 Å². The lowest BCUT2D eigenvalue weighted by Crippen LogP contribution is -2.25. The van der Waals surface area contributed by atoms with Crippen molar-refractivity contribution >= 4 is 11.9 Å². The van der Waals surface area contributed by atoms with Gasteiger partial charge in [-0.25, -0.2) is 0 Å². The molecule has 0 saturated heterocycles. The van der Waals surface area contributed by atoms with Gasteiger partial charge in [0, 0.05) is 13.0 Å². The van der Waals surface area contributed by atoms with Crippen LogP contribution in [-0.4, -0.2) is 23.5 Å². The van der Waals surface area contributed by atoms with Crippen LogP contribution in [0, 0.1) is 0 Å². The molecule has 1 amide bonds. The van der Waals surface area contributed by atoms with Gasteiger partial charge in [0.15, 0.2) is 0 Å². The van der Waals surface area contributed by atoms with Gasteiger partial charge in [0.25, 0.3) is 0 Å². The lowest BCUT2D eigenvalue weighted by Gasteiger charge is -2.04. The third-order valence-corrected chi connectivity index (χ3v) is 4.17. The molecule has 0 atom stereocenters. The number of carbonyl (C=O) groups is 2. The molecular weight excluding hydrogens is 290 g/mol. The Morgan fingerprint density at radius 3 is 1.57 bits per heavy atom. The summed E-state index contributed by atoms with van der Waals surface area (Å²) in [7, 11) is 0. The molecule has 0 spiro atoms. The molecule has 0 aromatic rings. The van der Waals surface area contributed by atoms with Crippen LogP contribution in [0.3, 0.4) is 0 Å². The van der Waals surface area contributed by atoms with Gasteiger partial charge in [-0.15, -0.1) is 0 Å². The first-order chi connectivity index (χ1) is 11.2. The first-order valence-corrected chi connectivity index (χ1v) is 9.65. The van der Waals surface area contributed by atoms with Gasteiger partial charge in [-0.05, 0) is 6.42 Å². The fourth-order valence-electron chi connectivity index (χ4n) is 2.70. The molecule has 0 heterocycles. The quantitative estimate of drug-likeness (QED) is 0.367. The summed E-state index contributed by atoms with van der Waals surface area (Å²) in [6.07, 6.45) is 17.4. The van der Waals surface area contributed by atoms with Crippen LogP contribution < -0.4 is 5.32 Å². The van der Waals surface area contributed by atoms with Crippen LogP contribution in [0.1, 0.15) is 103 Å². The Morgan fingerprint density at radius 1 is 0.696 bits per heavy atom. The predicted molar refractivity (Wildman–Crippen MR) is 95.6 cm³/mol. The summed E-state index contributed by atoms with van der Waals surface area (Å²) in [5.41, 5.74) is 0. The lowest BCUT2D eigenvalue weighted by molar-refractivity contribution is -0.136. The average molecular weight is 328 g/mol. The Balaban J connectivity index is 3.12. The van der Waals surface area contributed by atoms with Crippen molar-refractivity contribution in [3.63, 3.8) is 0 Å². The van der Waals surface area contributed by atoms with E-state index in [4.69, 9.17) is 5.11 Å². The van der Waals surface area contributed by atoms with Crippen LogP contribution in [0.4, 0.5) is 0 Å². The molecule has 0 bridgehead atoms. The average Bonchev–Trinajstić information content (AvgIpc) is 2.51. The molecule has 0 rings (SSSR count). The van der Waals surface area contributed by atoms with Crippen molar-refractivity contribution < 1.29 is 14.7 Å². The predicted octanol–water partition coefficient (Wildman–Crippen LogP) is 5.06. The second-order valence-electron chi connectivity index (χ2n) is 6.49. The zero-order valence-electron chi connectivity index (χ0n) is 15.1. The fraction of sp³-hybridized carbons (Fsp3) is 0.895. The Kier molecular flexibility index (Phi) is 16.5. The Bertz CT molecular complexity index is 292. The summed E-state index contributed by atoms with van der Waals surface area (Å²) < 4.78 is 0. The number of rotatable bonds is 17. The molecule has 0 aliphatic heterocycles. The molecule has 0 aromatic carbocycles. The van der Waals surface area contributed by atoms with Crippen molar-refractivity contribution in [1.82, 2.24) is 5.32 Å². The standard InChI is InChI=1S/C19H37NO3/c1-2-3-4-5-6-7-8-9-10-11-12-13-14-15-18(21)20-17-16-19(22)23/h2-17H2,1H3,(H,20,21)(H,22,23). The van der Waals surface area contributed by atoms with E-state index in [2.05, 4.69) is 12.2 Å². The van der Waals surface area contributed by atoms with E-state index in [0.29, 0.717) is 6.42 Å². The summed E-state index contributed by atoms with van der Waals surface area (Å²) in [5.74, 6) is -0.888. The minimum atomic E-state index is -0.869. The Hall–Kier alpha value is -1.06. The van der Waals surface area contributed by atoms with Gasteiger partial charge in [0.05, 0.1) is 6.42 Å². The molecule has 0 aromatic heterocycles. The number of aliphatic carboxylic acids is 1. The first kappa shape index (κ1) is 21.9. The van der Waals surface area contributed by atoms with Crippen molar-refractivity contribution in [2.75, 3.05) is 6.54 Å². The minimum Gasteiger partial charge on any atom is -0.481 e. The van der Waals surface area contributed by atoms with Gasteiger partial charge in [-0.3, -0.25) is 9.59 Å². The summed E-state index contributed by atoms with van der Waals surface area (Å²) in [6, 6.07) is 0. The summed E-state index contributed by atoms with van der Waals surface area (Å²) in [6.45, 7) is 2.50. The number of carboxylic acids is 1. The topological polar surface area (TPSA) is 66.4 Å². The molecule has 2 N–H and O–H groups in total. The van der Waals surface area contributed by atoms with Crippen molar-refractivity contribution in [3.8, 4) is 0 Å². The van der Waals surface area contributed by atoms with Gasteiger partial charge in [-0.2, -0.15) is 0 Å². The van der Waals surface area contributed by atoms with Gasteiger partial charge in [0.1, 0.15) is 0 Å². The maximum Gasteiger partial charge on any atom is 0.305 e. The molecule has 4 nitrogen and oxygen atoms in total. The van der Waals surface area contributed by atoms with E-state index < -0.39 is 5.97 Å². The van der Waals surface area contributed by atoms with E-state index in [1.807, 2.05) is 0 Å². The third kappa shape index (κ3) is 18.9. The van der Waals surface area contributed by atoms with Crippen LogP contribution in [0.5, 0.6) is 0 Å². The maximum atomic E-state index is 11.4. The highest BCUT2D eigenvalue weighted by Gasteiger charge is 2.02. The number of carboxylic acid groups (broad SMARTS) is 1. The van der Waals surface area contributed by atoms with Gasteiger partial charge in [-0.1, -0.05) is 84.0 Å². The monoisotopic (exact) mass is 327 g/mol.